The molecule has 5 nitrogen and oxygen atoms in total. The molecule has 0 saturated heterocycles. The van der Waals surface area contributed by atoms with Crippen molar-refractivity contribution in [2.75, 3.05) is 20.2 Å². The normalized spacial score (nSPS) is 10.3. The van der Waals surface area contributed by atoms with Crippen molar-refractivity contribution in [3.05, 3.63) is 23.5 Å². The van der Waals surface area contributed by atoms with Gasteiger partial charge in [0.2, 0.25) is 0 Å². The van der Waals surface area contributed by atoms with E-state index in [4.69, 9.17) is 4.74 Å². The average molecular weight is 265 g/mol. The molecule has 106 valence electrons. The number of hydrogen-bond acceptors (Lipinski definition) is 4. The second-order valence-corrected chi connectivity index (χ2v) is 4.42. The number of ether oxygens (including phenoxy) is 1. The number of aryl methyl sites for hydroxylation is 1. The van der Waals surface area contributed by atoms with Crippen molar-refractivity contribution < 1.29 is 9.53 Å². The molecule has 0 atom stereocenters. The Balaban J connectivity index is 2.50. The lowest BCUT2D eigenvalue weighted by Gasteiger charge is -2.11. The number of hydrogen-bond donors (Lipinski definition) is 2. The summed E-state index contributed by atoms with van der Waals surface area (Å²) in [6.45, 7) is 5.37. The average Bonchev–Trinajstić information content (AvgIpc) is 2.38. The lowest BCUT2D eigenvalue weighted by atomic mass is 10.3. The third kappa shape index (κ3) is 5.70. The highest BCUT2D eigenvalue weighted by molar-refractivity contribution is 5.77. The Hall–Kier alpha value is -1.62. The molecule has 0 saturated carbocycles. The summed E-state index contributed by atoms with van der Waals surface area (Å²) in [6, 6.07) is 3.73. The molecule has 0 radical (unpaired) electrons. The monoisotopic (exact) mass is 265 g/mol. The van der Waals surface area contributed by atoms with Gasteiger partial charge in [0, 0.05) is 18.8 Å². The summed E-state index contributed by atoms with van der Waals surface area (Å²) in [6.07, 6.45) is 2.05. The van der Waals surface area contributed by atoms with Gasteiger partial charge in [-0.1, -0.05) is 13.3 Å². The molecule has 0 aliphatic heterocycles. The zero-order chi connectivity index (χ0) is 14.1. The molecule has 0 aliphatic carbocycles. The molecule has 1 aromatic heterocycles. The summed E-state index contributed by atoms with van der Waals surface area (Å²) in [5, 5.41) is 5.85. The van der Waals surface area contributed by atoms with Gasteiger partial charge in [-0.3, -0.25) is 9.78 Å². The van der Waals surface area contributed by atoms with Crippen molar-refractivity contribution in [3.63, 3.8) is 0 Å². The van der Waals surface area contributed by atoms with Crippen molar-refractivity contribution in [1.29, 1.82) is 0 Å². The van der Waals surface area contributed by atoms with Gasteiger partial charge in [0.25, 0.3) is 5.91 Å². The zero-order valence-corrected chi connectivity index (χ0v) is 12.0. The number of amides is 1. The number of carbonyl (C=O) groups is 1. The van der Waals surface area contributed by atoms with Crippen molar-refractivity contribution in [3.8, 4) is 5.75 Å². The molecule has 0 spiro atoms. The minimum Gasteiger partial charge on any atom is -0.482 e. The van der Waals surface area contributed by atoms with E-state index in [0.717, 1.165) is 24.2 Å². The predicted octanol–water partition coefficient (Wildman–Crippen LogP) is 1.40. The van der Waals surface area contributed by atoms with E-state index < -0.39 is 0 Å². The maximum Gasteiger partial charge on any atom is 0.257 e. The maximum absolute atomic E-state index is 11.6. The first-order valence-electron chi connectivity index (χ1n) is 6.68. The highest BCUT2D eigenvalue weighted by atomic mass is 16.5. The zero-order valence-electron chi connectivity index (χ0n) is 12.0. The second kappa shape index (κ2) is 8.48. The van der Waals surface area contributed by atoms with Crippen LogP contribution in [-0.2, 0) is 11.3 Å². The Morgan fingerprint density at radius 1 is 1.42 bits per heavy atom. The lowest BCUT2D eigenvalue weighted by Crippen LogP contribution is -2.29. The van der Waals surface area contributed by atoms with Crippen molar-refractivity contribution >= 4 is 5.91 Å². The predicted molar refractivity (Wildman–Crippen MR) is 75.2 cm³/mol. The van der Waals surface area contributed by atoms with Crippen LogP contribution >= 0.6 is 0 Å². The summed E-state index contributed by atoms with van der Waals surface area (Å²) in [4.78, 5) is 16.0. The topological polar surface area (TPSA) is 63.2 Å². The van der Waals surface area contributed by atoms with Gasteiger partial charge in [0.15, 0.2) is 6.61 Å². The Kier molecular flexibility index (Phi) is 6.89. The number of unbranched alkanes of at least 4 members (excludes halogenated alkanes) is 1. The number of nitrogens with zero attached hydrogens (tertiary/aromatic N) is 1. The first-order valence-corrected chi connectivity index (χ1v) is 6.68. The molecule has 19 heavy (non-hydrogen) atoms. The minimum atomic E-state index is -0.0931. The maximum atomic E-state index is 11.6. The van der Waals surface area contributed by atoms with Gasteiger partial charge in [-0.05, 0) is 32.5 Å². The summed E-state index contributed by atoms with van der Waals surface area (Å²) in [5.74, 6) is 0.565. The summed E-state index contributed by atoms with van der Waals surface area (Å²) >= 11 is 0. The molecule has 1 heterocycles. The van der Waals surface area contributed by atoms with Gasteiger partial charge >= 0.3 is 0 Å². The van der Waals surface area contributed by atoms with Crippen LogP contribution in [0.25, 0.3) is 0 Å². The fourth-order valence-electron chi connectivity index (χ4n) is 1.62. The lowest BCUT2D eigenvalue weighted by molar-refractivity contribution is -0.123. The van der Waals surface area contributed by atoms with E-state index in [1.807, 2.05) is 26.1 Å². The third-order valence-electron chi connectivity index (χ3n) is 2.63. The Morgan fingerprint density at radius 2 is 2.21 bits per heavy atom. The SMILES string of the molecule is CCCCNC(=O)COc1ccc(C)nc1CNC. The summed E-state index contributed by atoms with van der Waals surface area (Å²) < 4.78 is 5.52. The van der Waals surface area contributed by atoms with Crippen molar-refractivity contribution in [2.24, 2.45) is 0 Å². The van der Waals surface area contributed by atoms with Crippen LogP contribution < -0.4 is 15.4 Å². The molecule has 0 aliphatic rings. The van der Waals surface area contributed by atoms with Gasteiger partial charge in [0.1, 0.15) is 5.75 Å². The van der Waals surface area contributed by atoms with Crippen LogP contribution in [0.3, 0.4) is 0 Å². The van der Waals surface area contributed by atoms with E-state index in [9.17, 15) is 4.79 Å². The van der Waals surface area contributed by atoms with Crippen LogP contribution in [0.4, 0.5) is 0 Å². The Morgan fingerprint density at radius 3 is 2.89 bits per heavy atom. The third-order valence-corrected chi connectivity index (χ3v) is 2.63. The number of aromatic nitrogens is 1. The fourth-order valence-corrected chi connectivity index (χ4v) is 1.62. The quantitative estimate of drug-likeness (QED) is 0.698. The summed E-state index contributed by atoms with van der Waals surface area (Å²) in [7, 11) is 1.85. The van der Waals surface area contributed by atoms with E-state index in [2.05, 4.69) is 22.5 Å². The van der Waals surface area contributed by atoms with Crippen LogP contribution in [0, 0.1) is 6.92 Å². The molecule has 0 aromatic carbocycles. The molecule has 0 fully saturated rings. The number of rotatable bonds is 8. The Labute approximate surface area is 114 Å². The van der Waals surface area contributed by atoms with Gasteiger partial charge < -0.3 is 15.4 Å². The molecule has 2 N–H and O–H groups in total. The van der Waals surface area contributed by atoms with Gasteiger partial charge in [-0.25, -0.2) is 0 Å². The van der Waals surface area contributed by atoms with Gasteiger partial charge in [0.05, 0.1) is 5.69 Å². The summed E-state index contributed by atoms with van der Waals surface area (Å²) in [5.41, 5.74) is 1.76. The van der Waals surface area contributed by atoms with Crippen molar-refractivity contribution in [1.82, 2.24) is 15.6 Å². The van der Waals surface area contributed by atoms with Crippen LogP contribution in [0.1, 0.15) is 31.2 Å². The van der Waals surface area contributed by atoms with Crippen molar-refractivity contribution in [2.45, 2.75) is 33.2 Å². The fraction of sp³-hybridized carbons (Fsp3) is 0.571. The van der Waals surface area contributed by atoms with E-state index >= 15 is 0 Å². The number of pyridine rings is 1. The molecule has 5 heteroatoms. The molecule has 0 bridgehead atoms. The van der Waals surface area contributed by atoms with E-state index in [-0.39, 0.29) is 12.5 Å². The van der Waals surface area contributed by atoms with E-state index in [0.29, 0.717) is 18.8 Å². The molecular weight excluding hydrogens is 242 g/mol. The van der Waals surface area contributed by atoms with Crippen LogP contribution in [0.5, 0.6) is 5.75 Å². The highest BCUT2D eigenvalue weighted by Crippen LogP contribution is 2.16. The number of nitrogens with one attached hydrogen (secondary N) is 2. The molecule has 1 rings (SSSR count). The molecular formula is C14H23N3O2. The molecule has 0 unspecified atom stereocenters. The van der Waals surface area contributed by atoms with Crippen LogP contribution in [0.15, 0.2) is 12.1 Å². The first kappa shape index (κ1) is 15.4. The highest BCUT2D eigenvalue weighted by Gasteiger charge is 2.07. The molecule has 1 aromatic rings. The first-order chi connectivity index (χ1) is 9.17. The smallest absolute Gasteiger partial charge is 0.257 e. The second-order valence-electron chi connectivity index (χ2n) is 4.42. The van der Waals surface area contributed by atoms with E-state index in [1.165, 1.54) is 0 Å². The van der Waals surface area contributed by atoms with Crippen LogP contribution in [-0.4, -0.2) is 31.1 Å². The standard InChI is InChI=1S/C14H23N3O2/c1-4-5-8-16-14(18)10-19-13-7-6-11(2)17-12(13)9-15-3/h6-7,15H,4-5,8-10H2,1-3H3,(H,16,18). The van der Waals surface area contributed by atoms with Crippen LogP contribution in [0.2, 0.25) is 0 Å². The Bertz CT molecular complexity index is 408. The largest absolute Gasteiger partial charge is 0.482 e. The van der Waals surface area contributed by atoms with Gasteiger partial charge in [-0.15, -0.1) is 0 Å². The van der Waals surface area contributed by atoms with E-state index in [1.54, 1.807) is 0 Å². The van der Waals surface area contributed by atoms with Gasteiger partial charge in [-0.2, -0.15) is 0 Å². The number of carbonyl (C=O) groups excluding carboxylic acids is 1. The molecule has 1 amide bonds. The minimum absolute atomic E-state index is 0.0329.